The Morgan fingerprint density at radius 2 is 1.83 bits per heavy atom. The molecule has 0 amide bonds. The summed E-state index contributed by atoms with van der Waals surface area (Å²) in [6, 6.07) is 17.1. The van der Waals surface area contributed by atoms with Gasteiger partial charge in [-0.15, -0.1) is 0 Å². The molecule has 42 heavy (non-hydrogen) atoms. The fourth-order valence-corrected chi connectivity index (χ4v) is 5.90. The van der Waals surface area contributed by atoms with Crippen molar-refractivity contribution in [1.82, 2.24) is 9.13 Å². The summed E-state index contributed by atoms with van der Waals surface area (Å²) >= 11 is 1.24. The van der Waals surface area contributed by atoms with Gasteiger partial charge in [0.15, 0.2) is 4.80 Å². The maximum absolute atomic E-state index is 14.0. The van der Waals surface area contributed by atoms with E-state index >= 15 is 0 Å². The molecule has 0 saturated carbocycles. The number of hydrogen-bond acceptors (Lipinski definition) is 8. The number of ether oxygens (including phenoxy) is 2. The van der Waals surface area contributed by atoms with Crippen LogP contribution in [-0.2, 0) is 14.3 Å². The van der Waals surface area contributed by atoms with Crippen molar-refractivity contribution in [1.29, 1.82) is 0 Å². The molecule has 0 aliphatic carbocycles. The highest BCUT2D eigenvalue weighted by atomic mass is 32.1. The monoisotopic (exact) mass is 586 g/mol. The summed E-state index contributed by atoms with van der Waals surface area (Å²) < 4.78 is 14.4. The Hall–Kier alpha value is -4.61. The second-order valence-electron chi connectivity index (χ2n) is 10.1. The lowest BCUT2D eigenvalue weighted by Crippen LogP contribution is -2.40. The van der Waals surface area contributed by atoms with Gasteiger partial charge < -0.3 is 14.0 Å². The smallest absolute Gasteiger partial charge is 0.338 e. The molecule has 5 rings (SSSR count). The van der Waals surface area contributed by atoms with E-state index in [2.05, 4.69) is 18.8 Å². The number of carbonyl (C=O) groups excluding carboxylic acids is 1. The van der Waals surface area contributed by atoms with E-state index in [1.807, 2.05) is 47.2 Å². The standard InChI is InChI=1S/C31H30N4O6S/c1-19(2)21-7-9-22(10-8-21)28-27(30(37)41-17-16-40-4)20(3)32-31-34(28)29(36)26(42-31)18-25-6-5-15-33(25)23-11-13-24(14-12-23)35(38)39/h5-15,18-19,28H,16-17H2,1-4H3. The number of hydrogen-bond donors (Lipinski definition) is 0. The highest BCUT2D eigenvalue weighted by Gasteiger charge is 2.33. The summed E-state index contributed by atoms with van der Waals surface area (Å²) in [6.07, 6.45) is 3.58. The molecule has 0 fully saturated rings. The molecule has 4 aromatic rings. The highest BCUT2D eigenvalue weighted by molar-refractivity contribution is 7.07. The van der Waals surface area contributed by atoms with Crippen LogP contribution in [0.5, 0.6) is 0 Å². The molecule has 0 spiro atoms. The third-order valence-corrected chi connectivity index (χ3v) is 8.06. The molecule has 0 radical (unpaired) electrons. The van der Waals surface area contributed by atoms with E-state index in [4.69, 9.17) is 9.47 Å². The van der Waals surface area contributed by atoms with Crippen LogP contribution in [0.1, 0.15) is 49.6 Å². The van der Waals surface area contributed by atoms with Gasteiger partial charge in [0.05, 0.1) is 33.4 Å². The number of rotatable bonds is 9. The number of carbonyl (C=O) groups is 1. The van der Waals surface area contributed by atoms with E-state index in [0.717, 1.165) is 11.1 Å². The van der Waals surface area contributed by atoms with Crippen LogP contribution in [-0.4, -0.2) is 40.4 Å². The topological polar surface area (TPSA) is 118 Å². The number of esters is 1. The van der Waals surface area contributed by atoms with Crippen LogP contribution < -0.4 is 14.9 Å². The second-order valence-corrected chi connectivity index (χ2v) is 11.1. The van der Waals surface area contributed by atoms with Gasteiger partial charge in [-0.25, -0.2) is 9.79 Å². The van der Waals surface area contributed by atoms with Gasteiger partial charge in [-0.1, -0.05) is 49.4 Å². The van der Waals surface area contributed by atoms with E-state index < -0.39 is 16.9 Å². The molecule has 1 atom stereocenters. The lowest BCUT2D eigenvalue weighted by atomic mass is 9.93. The molecular weight excluding hydrogens is 556 g/mol. The Bertz CT molecular complexity index is 1850. The summed E-state index contributed by atoms with van der Waals surface area (Å²) in [5.41, 5.74) is 3.83. The molecule has 3 heterocycles. The third-order valence-electron chi connectivity index (χ3n) is 7.08. The summed E-state index contributed by atoms with van der Waals surface area (Å²) in [5, 5.41) is 11.1. The van der Waals surface area contributed by atoms with E-state index in [1.54, 1.807) is 29.7 Å². The Morgan fingerprint density at radius 3 is 2.48 bits per heavy atom. The van der Waals surface area contributed by atoms with Crippen molar-refractivity contribution in [3.63, 3.8) is 0 Å². The van der Waals surface area contributed by atoms with Gasteiger partial charge in [0, 0.05) is 36.8 Å². The summed E-state index contributed by atoms with van der Waals surface area (Å²) in [5.74, 6) is -0.226. The fourth-order valence-electron chi connectivity index (χ4n) is 4.87. The zero-order chi connectivity index (χ0) is 30.0. The highest BCUT2D eigenvalue weighted by Crippen LogP contribution is 2.31. The van der Waals surface area contributed by atoms with Gasteiger partial charge in [-0.05, 0) is 54.3 Å². The van der Waals surface area contributed by atoms with Crippen molar-refractivity contribution in [3.8, 4) is 5.69 Å². The molecule has 1 unspecified atom stereocenters. The predicted molar refractivity (Wildman–Crippen MR) is 160 cm³/mol. The van der Waals surface area contributed by atoms with Gasteiger partial charge in [0.25, 0.3) is 11.2 Å². The maximum atomic E-state index is 14.0. The summed E-state index contributed by atoms with van der Waals surface area (Å²) in [4.78, 5) is 43.1. The minimum atomic E-state index is -0.721. The molecule has 2 aromatic heterocycles. The average Bonchev–Trinajstić information content (AvgIpc) is 3.56. The first-order chi connectivity index (χ1) is 20.2. The Balaban J connectivity index is 1.62. The Morgan fingerprint density at radius 1 is 1.12 bits per heavy atom. The van der Waals surface area contributed by atoms with Crippen LogP contribution in [0.3, 0.4) is 0 Å². The largest absolute Gasteiger partial charge is 0.460 e. The van der Waals surface area contributed by atoms with E-state index in [-0.39, 0.29) is 24.5 Å². The number of allylic oxidation sites excluding steroid dienone is 1. The van der Waals surface area contributed by atoms with Crippen LogP contribution in [0.2, 0.25) is 0 Å². The van der Waals surface area contributed by atoms with Crippen molar-refractivity contribution in [2.75, 3.05) is 20.3 Å². The number of non-ortho nitro benzene ring substituents is 1. The van der Waals surface area contributed by atoms with Crippen LogP contribution >= 0.6 is 11.3 Å². The van der Waals surface area contributed by atoms with Crippen LogP contribution in [0.25, 0.3) is 11.8 Å². The number of thiazole rings is 1. The molecule has 0 N–H and O–H groups in total. The zero-order valence-electron chi connectivity index (χ0n) is 23.6. The van der Waals surface area contributed by atoms with E-state index in [9.17, 15) is 19.7 Å². The molecule has 0 bridgehead atoms. The number of aromatic nitrogens is 2. The summed E-state index contributed by atoms with van der Waals surface area (Å²) in [7, 11) is 1.53. The van der Waals surface area contributed by atoms with Gasteiger partial charge in [0.1, 0.15) is 6.61 Å². The number of nitro benzene ring substituents is 1. The first kappa shape index (κ1) is 28.9. The molecule has 2 aromatic carbocycles. The number of nitro groups is 1. The van der Waals surface area contributed by atoms with E-state index in [0.29, 0.717) is 37.9 Å². The normalized spacial score (nSPS) is 15.1. The third kappa shape index (κ3) is 5.61. The number of benzene rings is 2. The Kier molecular flexibility index (Phi) is 8.32. The molecular formula is C31H30N4O6S. The molecule has 216 valence electrons. The zero-order valence-corrected chi connectivity index (χ0v) is 24.5. The van der Waals surface area contributed by atoms with Crippen molar-refractivity contribution < 1.29 is 19.2 Å². The number of fused-ring (bicyclic) bond motifs is 1. The molecule has 10 nitrogen and oxygen atoms in total. The SMILES string of the molecule is COCCOC(=O)C1=C(C)N=c2sc(=Cc3cccn3-c3ccc([N+](=O)[O-])cc3)c(=O)n2C1c1ccc(C(C)C)cc1. The lowest BCUT2D eigenvalue weighted by Gasteiger charge is -2.25. The van der Waals surface area contributed by atoms with Gasteiger partial charge in [-0.3, -0.25) is 19.5 Å². The summed E-state index contributed by atoms with van der Waals surface area (Å²) in [6.45, 7) is 6.29. The van der Waals surface area contributed by atoms with Crippen LogP contribution in [0, 0.1) is 10.1 Å². The first-order valence-electron chi connectivity index (χ1n) is 13.4. The Labute approximate surface area is 245 Å². The average molecular weight is 587 g/mol. The quantitative estimate of drug-likeness (QED) is 0.125. The van der Waals surface area contributed by atoms with E-state index in [1.165, 1.54) is 30.6 Å². The van der Waals surface area contributed by atoms with Gasteiger partial charge in [0.2, 0.25) is 0 Å². The van der Waals surface area contributed by atoms with Crippen molar-refractivity contribution in [2.24, 2.45) is 4.99 Å². The number of nitrogens with zero attached hydrogens (tertiary/aromatic N) is 4. The van der Waals surface area contributed by atoms with Gasteiger partial charge >= 0.3 is 5.97 Å². The molecule has 11 heteroatoms. The predicted octanol–water partition coefficient (Wildman–Crippen LogP) is 4.25. The molecule has 0 saturated heterocycles. The number of methoxy groups -OCH3 is 1. The van der Waals surface area contributed by atoms with Crippen LogP contribution in [0.4, 0.5) is 5.69 Å². The maximum Gasteiger partial charge on any atom is 0.338 e. The second kappa shape index (κ2) is 12.1. The molecule has 1 aliphatic heterocycles. The first-order valence-corrected chi connectivity index (χ1v) is 14.2. The minimum absolute atomic E-state index is 0.00545. The van der Waals surface area contributed by atoms with Crippen molar-refractivity contribution in [2.45, 2.75) is 32.7 Å². The lowest BCUT2D eigenvalue weighted by molar-refractivity contribution is -0.384. The van der Waals surface area contributed by atoms with Gasteiger partial charge in [-0.2, -0.15) is 0 Å². The van der Waals surface area contributed by atoms with Crippen LogP contribution in [0.15, 0.2) is 87.9 Å². The van der Waals surface area contributed by atoms with Crippen molar-refractivity contribution >= 4 is 29.1 Å². The fraction of sp³-hybridized carbons (Fsp3) is 0.258. The minimum Gasteiger partial charge on any atom is -0.460 e. The molecule has 1 aliphatic rings. The van der Waals surface area contributed by atoms with Crippen molar-refractivity contribution in [3.05, 3.63) is 125 Å².